The van der Waals surface area contributed by atoms with Crippen LogP contribution in [0.3, 0.4) is 0 Å². The molecule has 4 aliphatic rings. The highest BCUT2D eigenvalue weighted by Crippen LogP contribution is 2.70. The number of rotatable bonds is 0. The van der Waals surface area contributed by atoms with E-state index in [0.717, 1.165) is 35.5 Å². The van der Waals surface area contributed by atoms with Gasteiger partial charge in [0.05, 0.1) is 0 Å². The lowest BCUT2D eigenvalue weighted by Crippen LogP contribution is -2.24. The monoisotopic (exact) mass is 244 g/mol. The van der Waals surface area contributed by atoms with Gasteiger partial charge in [0.15, 0.2) is 0 Å². The maximum atomic E-state index is 2.68. The Bertz CT molecular complexity index is 389. The Hall–Kier alpha value is -0.260. The van der Waals surface area contributed by atoms with Crippen molar-refractivity contribution in [1.82, 2.24) is 0 Å². The van der Waals surface area contributed by atoms with E-state index in [1.807, 2.05) is 5.57 Å². The Morgan fingerprint density at radius 3 is 2.78 bits per heavy atom. The molecule has 3 fully saturated rings. The minimum atomic E-state index is 0.685. The number of hydrogen-bond acceptors (Lipinski definition) is 0. The average molecular weight is 244 g/mol. The number of hydrogen-bond donors (Lipinski definition) is 0. The van der Waals surface area contributed by atoms with E-state index in [9.17, 15) is 0 Å². The first kappa shape index (κ1) is 11.6. The van der Waals surface area contributed by atoms with Crippen LogP contribution in [0.15, 0.2) is 11.6 Å². The molecule has 0 aliphatic heterocycles. The zero-order valence-electron chi connectivity index (χ0n) is 12.3. The molecule has 0 heteroatoms. The molecular formula is C18H28. The highest BCUT2D eigenvalue weighted by molar-refractivity contribution is 5.25. The molecule has 4 rings (SSSR count). The molecule has 4 aliphatic carbocycles. The molecule has 0 amide bonds. The van der Waals surface area contributed by atoms with Crippen LogP contribution in [0.4, 0.5) is 0 Å². The Morgan fingerprint density at radius 1 is 1.11 bits per heavy atom. The van der Waals surface area contributed by atoms with Crippen LogP contribution in [0.1, 0.15) is 59.3 Å². The smallest absolute Gasteiger partial charge is 0.0169 e. The zero-order valence-corrected chi connectivity index (χ0v) is 12.3. The van der Waals surface area contributed by atoms with Crippen molar-refractivity contribution in [2.45, 2.75) is 59.3 Å². The van der Waals surface area contributed by atoms with Gasteiger partial charge >= 0.3 is 0 Å². The first-order chi connectivity index (χ1) is 8.59. The second-order valence-corrected chi connectivity index (χ2v) is 8.31. The Labute approximate surface area is 112 Å². The summed E-state index contributed by atoms with van der Waals surface area (Å²) in [6.07, 6.45) is 11.7. The van der Waals surface area contributed by atoms with Gasteiger partial charge in [0, 0.05) is 0 Å². The summed E-state index contributed by atoms with van der Waals surface area (Å²) in [5.74, 6) is 6.05. The van der Waals surface area contributed by atoms with E-state index in [2.05, 4.69) is 26.8 Å². The van der Waals surface area contributed by atoms with Crippen LogP contribution < -0.4 is 0 Å². The van der Waals surface area contributed by atoms with Gasteiger partial charge in [0.1, 0.15) is 0 Å². The zero-order chi connectivity index (χ0) is 12.5. The summed E-state index contributed by atoms with van der Waals surface area (Å²) in [5.41, 5.74) is 2.61. The average Bonchev–Trinajstić information content (AvgIpc) is 2.75. The van der Waals surface area contributed by atoms with Gasteiger partial charge in [-0.15, -0.1) is 0 Å². The lowest BCUT2D eigenvalue weighted by Gasteiger charge is -2.32. The van der Waals surface area contributed by atoms with Gasteiger partial charge < -0.3 is 0 Å². The molecule has 6 atom stereocenters. The summed E-state index contributed by atoms with van der Waals surface area (Å²) in [5, 5.41) is 0. The molecule has 18 heavy (non-hydrogen) atoms. The van der Waals surface area contributed by atoms with E-state index in [4.69, 9.17) is 0 Å². The van der Waals surface area contributed by atoms with Crippen LogP contribution in [0, 0.1) is 40.9 Å². The Balaban J connectivity index is 1.66. The topological polar surface area (TPSA) is 0 Å². The van der Waals surface area contributed by atoms with E-state index < -0.39 is 0 Å². The van der Waals surface area contributed by atoms with Crippen molar-refractivity contribution < 1.29 is 0 Å². The van der Waals surface area contributed by atoms with Crippen molar-refractivity contribution in [3.05, 3.63) is 11.6 Å². The summed E-state index contributed by atoms with van der Waals surface area (Å²) in [7, 11) is 0. The van der Waals surface area contributed by atoms with Crippen molar-refractivity contribution >= 4 is 0 Å². The molecular weight excluding hydrogens is 216 g/mol. The lowest BCUT2D eigenvalue weighted by molar-refractivity contribution is 0.236. The fraction of sp³-hybridized carbons (Fsp3) is 0.889. The second kappa shape index (κ2) is 3.64. The quantitative estimate of drug-likeness (QED) is 0.523. The predicted octanol–water partition coefficient (Wildman–Crippen LogP) is 5.05. The molecule has 0 N–H and O–H groups in total. The van der Waals surface area contributed by atoms with E-state index in [1.165, 1.54) is 38.5 Å². The maximum Gasteiger partial charge on any atom is -0.0169 e. The van der Waals surface area contributed by atoms with Gasteiger partial charge in [-0.3, -0.25) is 0 Å². The highest BCUT2D eigenvalue weighted by Gasteiger charge is 2.64. The molecule has 3 saturated carbocycles. The second-order valence-electron chi connectivity index (χ2n) is 8.31. The van der Waals surface area contributed by atoms with E-state index >= 15 is 0 Å². The normalized spacial score (nSPS) is 52.7. The van der Waals surface area contributed by atoms with Gasteiger partial charge in [-0.2, -0.15) is 0 Å². The maximum absolute atomic E-state index is 2.68. The third kappa shape index (κ3) is 1.44. The minimum absolute atomic E-state index is 0.685. The van der Waals surface area contributed by atoms with Crippen LogP contribution in [-0.4, -0.2) is 0 Å². The van der Waals surface area contributed by atoms with Gasteiger partial charge in [-0.05, 0) is 73.0 Å². The largest absolute Gasteiger partial charge is 0.0819 e. The van der Waals surface area contributed by atoms with Crippen molar-refractivity contribution in [2.75, 3.05) is 0 Å². The van der Waals surface area contributed by atoms with Crippen LogP contribution in [0.2, 0.25) is 0 Å². The fourth-order valence-electron chi connectivity index (χ4n) is 6.23. The third-order valence-electron chi connectivity index (χ3n) is 7.03. The predicted molar refractivity (Wildman–Crippen MR) is 76.2 cm³/mol. The molecule has 0 radical (unpaired) electrons. The van der Waals surface area contributed by atoms with Crippen LogP contribution in [-0.2, 0) is 0 Å². The first-order valence-electron chi connectivity index (χ1n) is 8.30. The van der Waals surface area contributed by atoms with Gasteiger partial charge in [-0.1, -0.05) is 38.8 Å². The Morgan fingerprint density at radius 2 is 1.94 bits per heavy atom. The lowest BCUT2D eigenvalue weighted by atomic mass is 9.73. The number of fused-ring (bicyclic) bond motifs is 5. The van der Waals surface area contributed by atoms with Crippen LogP contribution in [0.25, 0.3) is 0 Å². The molecule has 0 aromatic carbocycles. The van der Waals surface area contributed by atoms with Crippen LogP contribution >= 0.6 is 0 Å². The van der Waals surface area contributed by atoms with Gasteiger partial charge in [0.25, 0.3) is 0 Å². The fourth-order valence-corrected chi connectivity index (χ4v) is 6.23. The van der Waals surface area contributed by atoms with Crippen molar-refractivity contribution in [2.24, 2.45) is 40.9 Å². The molecule has 0 aromatic rings. The summed E-state index contributed by atoms with van der Waals surface area (Å²) in [6.45, 7) is 7.51. The summed E-state index contributed by atoms with van der Waals surface area (Å²) >= 11 is 0. The Kier molecular flexibility index (Phi) is 2.34. The molecule has 0 aromatic heterocycles. The summed E-state index contributed by atoms with van der Waals surface area (Å²) in [6, 6.07) is 0. The van der Waals surface area contributed by atoms with E-state index in [-0.39, 0.29) is 0 Å². The third-order valence-corrected chi connectivity index (χ3v) is 7.03. The SMILES string of the molecule is CC1C=C2C(CCCC3C2CCC2C3C2(C)C)C1. The standard InChI is InChI=1S/C18H28/c1-11-9-12-5-4-6-14-13(15(12)10-11)7-8-16-17(14)18(16,2)3/h10-14,16-17H,4-9H2,1-3H3. The van der Waals surface area contributed by atoms with Crippen LogP contribution in [0.5, 0.6) is 0 Å². The molecule has 6 unspecified atom stereocenters. The molecule has 0 spiro atoms. The summed E-state index contributed by atoms with van der Waals surface area (Å²) in [4.78, 5) is 0. The van der Waals surface area contributed by atoms with Crippen molar-refractivity contribution in [3.8, 4) is 0 Å². The van der Waals surface area contributed by atoms with Crippen molar-refractivity contribution in [1.29, 1.82) is 0 Å². The van der Waals surface area contributed by atoms with Crippen molar-refractivity contribution in [3.63, 3.8) is 0 Å². The molecule has 0 bridgehead atoms. The molecule has 0 saturated heterocycles. The minimum Gasteiger partial charge on any atom is -0.0819 e. The first-order valence-corrected chi connectivity index (χ1v) is 8.30. The molecule has 100 valence electrons. The summed E-state index contributed by atoms with van der Waals surface area (Å²) < 4.78 is 0. The van der Waals surface area contributed by atoms with E-state index in [0.29, 0.717) is 5.41 Å². The van der Waals surface area contributed by atoms with Gasteiger partial charge in [0.2, 0.25) is 0 Å². The number of allylic oxidation sites excluding steroid dienone is 2. The van der Waals surface area contributed by atoms with Gasteiger partial charge in [-0.25, -0.2) is 0 Å². The highest BCUT2D eigenvalue weighted by atomic mass is 14.7. The molecule has 0 nitrogen and oxygen atoms in total. The molecule has 0 heterocycles. The van der Waals surface area contributed by atoms with E-state index in [1.54, 1.807) is 0 Å².